The minimum Gasteiger partial charge on any atom is -0.399 e. The number of nitrogens with two attached hydrogens (primary N) is 1. The van der Waals surface area contributed by atoms with Gasteiger partial charge in [0.25, 0.3) is 0 Å². The molecular weight excluding hydrogens is 196 g/mol. The molecule has 0 atom stereocenters. The summed E-state index contributed by atoms with van der Waals surface area (Å²) >= 11 is 0. The van der Waals surface area contributed by atoms with Crippen molar-refractivity contribution in [1.82, 2.24) is 5.32 Å². The van der Waals surface area contributed by atoms with Crippen molar-refractivity contribution < 1.29 is 0 Å². The maximum atomic E-state index is 5.65. The Bertz CT molecular complexity index is 336. The van der Waals surface area contributed by atoms with Crippen LogP contribution in [0.4, 0.5) is 5.69 Å². The SMILES string of the molecule is CC(C)C1(CNCc2ccc(N)cc2)CC1. The molecule has 0 spiro atoms. The Kier molecular flexibility index (Phi) is 3.20. The van der Waals surface area contributed by atoms with Crippen LogP contribution in [0.2, 0.25) is 0 Å². The Morgan fingerprint density at radius 2 is 1.88 bits per heavy atom. The Morgan fingerprint density at radius 1 is 1.25 bits per heavy atom. The van der Waals surface area contributed by atoms with Crippen molar-refractivity contribution in [3.05, 3.63) is 29.8 Å². The molecule has 2 heteroatoms. The van der Waals surface area contributed by atoms with Crippen molar-refractivity contribution in [1.29, 1.82) is 0 Å². The first-order chi connectivity index (χ1) is 7.62. The standard InChI is InChI=1S/C14H22N2/c1-11(2)14(7-8-14)10-16-9-12-3-5-13(15)6-4-12/h3-6,11,16H,7-10,15H2,1-2H3. The van der Waals surface area contributed by atoms with Crippen LogP contribution in [-0.2, 0) is 6.54 Å². The van der Waals surface area contributed by atoms with E-state index in [2.05, 4.69) is 31.3 Å². The zero-order valence-corrected chi connectivity index (χ0v) is 10.3. The van der Waals surface area contributed by atoms with E-state index in [1.165, 1.54) is 18.4 Å². The van der Waals surface area contributed by atoms with E-state index in [9.17, 15) is 0 Å². The van der Waals surface area contributed by atoms with Gasteiger partial charge in [0.05, 0.1) is 0 Å². The molecule has 0 amide bonds. The second-order valence-electron chi connectivity index (χ2n) is 5.36. The molecule has 88 valence electrons. The van der Waals surface area contributed by atoms with Gasteiger partial charge in [-0.1, -0.05) is 26.0 Å². The van der Waals surface area contributed by atoms with Gasteiger partial charge in [0.15, 0.2) is 0 Å². The first kappa shape index (κ1) is 11.5. The number of benzene rings is 1. The third kappa shape index (κ3) is 2.56. The highest BCUT2D eigenvalue weighted by molar-refractivity contribution is 5.39. The van der Waals surface area contributed by atoms with Crippen LogP contribution < -0.4 is 11.1 Å². The predicted molar refractivity (Wildman–Crippen MR) is 69.1 cm³/mol. The third-order valence-corrected chi connectivity index (χ3v) is 3.90. The Balaban J connectivity index is 1.78. The minimum atomic E-state index is 0.591. The number of nitrogens with one attached hydrogen (secondary N) is 1. The molecule has 2 nitrogen and oxygen atoms in total. The quantitative estimate of drug-likeness (QED) is 0.746. The van der Waals surface area contributed by atoms with E-state index in [4.69, 9.17) is 5.73 Å². The molecule has 0 aromatic heterocycles. The van der Waals surface area contributed by atoms with Crippen LogP contribution >= 0.6 is 0 Å². The summed E-state index contributed by atoms with van der Waals surface area (Å²) in [6.07, 6.45) is 2.78. The van der Waals surface area contributed by atoms with Crippen LogP contribution in [0.25, 0.3) is 0 Å². The molecule has 16 heavy (non-hydrogen) atoms. The van der Waals surface area contributed by atoms with Gasteiger partial charge in [0, 0.05) is 18.8 Å². The molecule has 0 radical (unpaired) electrons. The molecule has 0 saturated heterocycles. The lowest BCUT2D eigenvalue weighted by Gasteiger charge is -2.20. The number of hydrogen-bond acceptors (Lipinski definition) is 2. The third-order valence-electron chi connectivity index (χ3n) is 3.90. The predicted octanol–water partition coefficient (Wildman–Crippen LogP) is 2.79. The fourth-order valence-electron chi connectivity index (χ4n) is 2.21. The summed E-state index contributed by atoms with van der Waals surface area (Å²) in [6.45, 7) is 6.76. The summed E-state index contributed by atoms with van der Waals surface area (Å²) in [7, 11) is 0. The highest BCUT2D eigenvalue weighted by atomic mass is 14.9. The lowest BCUT2D eigenvalue weighted by atomic mass is 9.92. The molecule has 1 fully saturated rings. The Labute approximate surface area is 98.2 Å². The van der Waals surface area contributed by atoms with Crippen LogP contribution in [0.15, 0.2) is 24.3 Å². The van der Waals surface area contributed by atoms with Crippen molar-refractivity contribution in [3.8, 4) is 0 Å². The number of rotatable bonds is 5. The smallest absolute Gasteiger partial charge is 0.0314 e. The summed E-state index contributed by atoms with van der Waals surface area (Å²) in [5.74, 6) is 0.798. The fraction of sp³-hybridized carbons (Fsp3) is 0.571. The lowest BCUT2D eigenvalue weighted by molar-refractivity contribution is 0.338. The van der Waals surface area contributed by atoms with Gasteiger partial charge in [-0.15, -0.1) is 0 Å². The van der Waals surface area contributed by atoms with E-state index in [0.29, 0.717) is 5.41 Å². The van der Waals surface area contributed by atoms with Gasteiger partial charge in [-0.25, -0.2) is 0 Å². The Hall–Kier alpha value is -1.02. The molecule has 1 saturated carbocycles. The molecule has 0 bridgehead atoms. The van der Waals surface area contributed by atoms with Crippen LogP contribution in [0.3, 0.4) is 0 Å². The zero-order valence-electron chi connectivity index (χ0n) is 10.3. The summed E-state index contributed by atoms with van der Waals surface area (Å²) in [5, 5.41) is 3.56. The van der Waals surface area contributed by atoms with E-state index in [-0.39, 0.29) is 0 Å². The van der Waals surface area contributed by atoms with Crippen molar-refractivity contribution >= 4 is 5.69 Å². The van der Waals surface area contributed by atoms with Crippen LogP contribution in [0, 0.1) is 11.3 Å². The topological polar surface area (TPSA) is 38.0 Å². The number of anilines is 1. The maximum absolute atomic E-state index is 5.65. The first-order valence-electron chi connectivity index (χ1n) is 6.17. The minimum absolute atomic E-state index is 0.591. The zero-order chi connectivity index (χ0) is 11.6. The molecule has 0 aliphatic heterocycles. The molecule has 3 N–H and O–H groups in total. The number of nitrogen functional groups attached to an aromatic ring is 1. The van der Waals surface area contributed by atoms with Crippen molar-refractivity contribution in [2.24, 2.45) is 11.3 Å². The van der Waals surface area contributed by atoms with Crippen molar-refractivity contribution in [2.45, 2.75) is 33.2 Å². The monoisotopic (exact) mass is 218 g/mol. The molecule has 0 unspecified atom stereocenters. The summed E-state index contributed by atoms with van der Waals surface area (Å²) < 4.78 is 0. The van der Waals surface area contributed by atoms with Crippen LogP contribution in [0.5, 0.6) is 0 Å². The average Bonchev–Trinajstić information content (AvgIpc) is 3.02. The van der Waals surface area contributed by atoms with E-state index < -0.39 is 0 Å². The van der Waals surface area contributed by atoms with E-state index in [0.717, 1.165) is 24.7 Å². The molecular formula is C14H22N2. The van der Waals surface area contributed by atoms with E-state index in [1.807, 2.05) is 12.1 Å². The summed E-state index contributed by atoms with van der Waals surface area (Å²) in [4.78, 5) is 0. The normalized spacial score (nSPS) is 17.7. The molecule has 0 heterocycles. The highest BCUT2D eigenvalue weighted by Gasteiger charge is 2.44. The van der Waals surface area contributed by atoms with Gasteiger partial charge < -0.3 is 11.1 Å². The first-order valence-corrected chi connectivity index (χ1v) is 6.17. The molecule has 1 aromatic rings. The second-order valence-corrected chi connectivity index (χ2v) is 5.36. The van der Waals surface area contributed by atoms with Crippen LogP contribution in [0.1, 0.15) is 32.3 Å². The summed E-state index contributed by atoms with van der Waals surface area (Å²) in [6, 6.07) is 8.12. The van der Waals surface area contributed by atoms with Crippen molar-refractivity contribution in [3.63, 3.8) is 0 Å². The number of hydrogen-bond donors (Lipinski definition) is 2. The van der Waals surface area contributed by atoms with Gasteiger partial charge in [-0.05, 0) is 41.9 Å². The average molecular weight is 218 g/mol. The van der Waals surface area contributed by atoms with Crippen LogP contribution in [-0.4, -0.2) is 6.54 Å². The van der Waals surface area contributed by atoms with Gasteiger partial charge in [-0.3, -0.25) is 0 Å². The van der Waals surface area contributed by atoms with Crippen molar-refractivity contribution in [2.75, 3.05) is 12.3 Å². The highest BCUT2D eigenvalue weighted by Crippen LogP contribution is 2.51. The van der Waals surface area contributed by atoms with E-state index >= 15 is 0 Å². The Morgan fingerprint density at radius 3 is 2.38 bits per heavy atom. The molecule has 1 aliphatic rings. The van der Waals surface area contributed by atoms with Gasteiger partial charge in [0.1, 0.15) is 0 Å². The van der Waals surface area contributed by atoms with Gasteiger partial charge >= 0.3 is 0 Å². The van der Waals surface area contributed by atoms with E-state index in [1.54, 1.807) is 0 Å². The molecule has 2 rings (SSSR count). The summed E-state index contributed by atoms with van der Waals surface area (Å²) in [5.41, 5.74) is 8.40. The molecule has 1 aromatic carbocycles. The van der Waals surface area contributed by atoms with Gasteiger partial charge in [-0.2, -0.15) is 0 Å². The largest absolute Gasteiger partial charge is 0.399 e. The maximum Gasteiger partial charge on any atom is 0.0314 e. The molecule has 1 aliphatic carbocycles. The fourth-order valence-corrected chi connectivity index (χ4v) is 2.21. The lowest BCUT2D eigenvalue weighted by Crippen LogP contribution is -2.27. The second kappa shape index (κ2) is 4.46. The van der Waals surface area contributed by atoms with Gasteiger partial charge in [0.2, 0.25) is 0 Å².